The largest absolute Gasteiger partial charge is 0.298 e. The molecule has 0 aromatic carbocycles. The van der Waals surface area contributed by atoms with Crippen LogP contribution in [0.15, 0.2) is 24.5 Å². The lowest BCUT2D eigenvalue weighted by Crippen LogP contribution is -2.51. The van der Waals surface area contributed by atoms with Crippen LogP contribution in [-0.2, 0) is 0 Å². The summed E-state index contributed by atoms with van der Waals surface area (Å²) in [5.41, 5.74) is 1.36. The number of rotatable bonds is 4. The molecule has 19 heavy (non-hydrogen) atoms. The van der Waals surface area contributed by atoms with Gasteiger partial charge in [0.25, 0.3) is 0 Å². The Hall–Kier alpha value is -0.200. The summed E-state index contributed by atoms with van der Waals surface area (Å²) in [4.78, 5) is 6.83. The molecule has 1 aromatic rings. The molecule has 1 aliphatic rings. The third kappa shape index (κ3) is 4.13. The van der Waals surface area contributed by atoms with Crippen molar-refractivity contribution in [3.8, 4) is 0 Å². The predicted molar refractivity (Wildman–Crippen MR) is 88.5 cm³/mol. The maximum Gasteiger partial charge on any atom is 0.0327 e. The van der Waals surface area contributed by atoms with E-state index in [0.717, 1.165) is 0 Å². The molecule has 0 spiro atoms. The average molecular weight is 373 g/mol. The standard InChI is InChI=1S/C15H24IN3/c1-12(2)18-7-8-19(16)15(11-18)9-13(3)14-5-4-6-17-10-14/h4-6,10,12-13,15H,7-9,11H2,1-3H3. The molecule has 1 aliphatic heterocycles. The second kappa shape index (κ2) is 6.99. The van der Waals surface area contributed by atoms with E-state index in [1.165, 1.54) is 31.6 Å². The number of pyridine rings is 1. The summed E-state index contributed by atoms with van der Waals surface area (Å²) < 4.78 is 2.49. The minimum absolute atomic E-state index is 0.572. The monoisotopic (exact) mass is 373 g/mol. The van der Waals surface area contributed by atoms with Gasteiger partial charge in [-0.15, -0.1) is 0 Å². The van der Waals surface area contributed by atoms with Gasteiger partial charge in [-0.05, 0) is 37.8 Å². The molecule has 3 nitrogen and oxygen atoms in total. The van der Waals surface area contributed by atoms with Crippen LogP contribution in [0.5, 0.6) is 0 Å². The van der Waals surface area contributed by atoms with Gasteiger partial charge in [-0.2, -0.15) is 0 Å². The van der Waals surface area contributed by atoms with Crippen LogP contribution in [0.2, 0.25) is 0 Å². The van der Waals surface area contributed by atoms with Crippen molar-refractivity contribution in [2.24, 2.45) is 0 Å². The van der Waals surface area contributed by atoms with Crippen molar-refractivity contribution < 1.29 is 0 Å². The highest BCUT2D eigenvalue weighted by atomic mass is 127. The molecular weight excluding hydrogens is 349 g/mol. The molecule has 0 saturated carbocycles. The molecule has 2 heterocycles. The molecule has 1 aromatic heterocycles. The first-order chi connectivity index (χ1) is 9.08. The zero-order chi connectivity index (χ0) is 13.8. The van der Waals surface area contributed by atoms with Crippen LogP contribution >= 0.6 is 22.9 Å². The van der Waals surface area contributed by atoms with Crippen LogP contribution < -0.4 is 0 Å². The van der Waals surface area contributed by atoms with Gasteiger partial charge in [0.2, 0.25) is 0 Å². The van der Waals surface area contributed by atoms with Gasteiger partial charge >= 0.3 is 0 Å². The minimum Gasteiger partial charge on any atom is -0.298 e. The molecule has 2 rings (SSSR count). The summed E-state index contributed by atoms with van der Waals surface area (Å²) >= 11 is 2.50. The molecule has 0 N–H and O–H groups in total. The molecule has 0 bridgehead atoms. The van der Waals surface area contributed by atoms with Gasteiger partial charge in [0.1, 0.15) is 0 Å². The van der Waals surface area contributed by atoms with Gasteiger partial charge in [-0.1, -0.05) is 13.0 Å². The summed E-state index contributed by atoms with van der Waals surface area (Å²) in [5.74, 6) is 0.572. The molecule has 4 heteroatoms. The van der Waals surface area contributed by atoms with Crippen LogP contribution in [0.3, 0.4) is 0 Å². The third-order valence-electron chi connectivity index (χ3n) is 4.05. The zero-order valence-corrected chi connectivity index (χ0v) is 14.2. The van der Waals surface area contributed by atoms with E-state index in [1.807, 2.05) is 18.5 Å². The number of halogens is 1. The van der Waals surface area contributed by atoms with E-state index < -0.39 is 0 Å². The molecule has 106 valence electrons. The Balaban J connectivity index is 1.97. The fraction of sp³-hybridized carbons (Fsp3) is 0.667. The highest BCUT2D eigenvalue weighted by molar-refractivity contribution is 14.1. The minimum atomic E-state index is 0.572. The second-order valence-corrected chi connectivity index (χ2v) is 7.03. The SMILES string of the molecule is CC(CC1CN(C(C)C)CCN1I)c1cccnc1. The van der Waals surface area contributed by atoms with Crippen molar-refractivity contribution in [1.29, 1.82) is 0 Å². The first kappa shape index (κ1) is 15.2. The zero-order valence-electron chi connectivity index (χ0n) is 12.1. The molecule has 0 aliphatic carbocycles. The van der Waals surface area contributed by atoms with Crippen LogP contribution in [0.4, 0.5) is 0 Å². The fourth-order valence-electron chi connectivity index (χ4n) is 2.73. The van der Waals surface area contributed by atoms with Crippen molar-refractivity contribution >= 4 is 22.9 Å². The summed E-state index contributed by atoms with van der Waals surface area (Å²) in [6.07, 6.45) is 5.06. The number of hydrogen-bond donors (Lipinski definition) is 0. The van der Waals surface area contributed by atoms with Crippen molar-refractivity contribution in [3.63, 3.8) is 0 Å². The maximum atomic E-state index is 4.24. The summed E-state index contributed by atoms with van der Waals surface area (Å²) in [5, 5.41) is 0. The molecule has 0 amide bonds. The normalized spacial score (nSPS) is 23.7. The van der Waals surface area contributed by atoms with E-state index in [0.29, 0.717) is 18.0 Å². The van der Waals surface area contributed by atoms with Crippen molar-refractivity contribution in [1.82, 2.24) is 13.0 Å². The Morgan fingerprint density at radius 2 is 2.16 bits per heavy atom. The Morgan fingerprint density at radius 3 is 2.79 bits per heavy atom. The Bertz CT molecular complexity index is 382. The lowest BCUT2D eigenvalue weighted by molar-refractivity contribution is 0.117. The van der Waals surface area contributed by atoms with Crippen LogP contribution in [-0.4, -0.2) is 44.7 Å². The third-order valence-corrected chi connectivity index (χ3v) is 5.32. The van der Waals surface area contributed by atoms with E-state index >= 15 is 0 Å². The van der Waals surface area contributed by atoms with Gasteiger partial charge in [0.15, 0.2) is 0 Å². The van der Waals surface area contributed by atoms with E-state index in [9.17, 15) is 0 Å². The maximum absolute atomic E-state index is 4.24. The molecule has 0 radical (unpaired) electrons. The highest BCUT2D eigenvalue weighted by Gasteiger charge is 2.28. The molecule has 2 atom stereocenters. The molecule has 1 saturated heterocycles. The van der Waals surface area contributed by atoms with Crippen molar-refractivity contribution in [3.05, 3.63) is 30.1 Å². The molecule has 1 fully saturated rings. The smallest absolute Gasteiger partial charge is 0.0327 e. The number of hydrogen-bond acceptors (Lipinski definition) is 3. The lowest BCUT2D eigenvalue weighted by atomic mass is 9.94. The van der Waals surface area contributed by atoms with Gasteiger partial charge in [-0.3, -0.25) is 9.88 Å². The van der Waals surface area contributed by atoms with Gasteiger partial charge in [-0.25, -0.2) is 3.11 Å². The topological polar surface area (TPSA) is 19.4 Å². The van der Waals surface area contributed by atoms with Gasteiger partial charge in [0.05, 0.1) is 0 Å². The molecular formula is C15H24IN3. The first-order valence-corrected chi connectivity index (χ1v) is 8.10. The average Bonchev–Trinajstić information content (AvgIpc) is 2.42. The number of aromatic nitrogens is 1. The Morgan fingerprint density at radius 1 is 1.37 bits per heavy atom. The Labute approximate surface area is 130 Å². The fourth-order valence-corrected chi connectivity index (χ4v) is 3.35. The predicted octanol–water partition coefficient (Wildman–Crippen LogP) is 3.32. The van der Waals surface area contributed by atoms with Crippen molar-refractivity contribution in [2.75, 3.05) is 19.6 Å². The van der Waals surface area contributed by atoms with E-state index in [4.69, 9.17) is 0 Å². The van der Waals surface area contributed by atoms with Crippen LogP contribution in [0, 0.1) is 0 Å². The summed E-state index contributed by atoms with van der Waals surface area (Å²) in [7, 11) is 0. The Kier molecular flexibility index (Phi) is 5.59. The van der Waals surface area contributed by atoms with E-state index in [2.05, 4.69) is 62.7 Å². The van der Waals surface area contributed by atoms with Gasteiger partial charge in [0, 0.05) is 67.0 Å². The highest BCUT2D eigenvalue weighted by Crippen LogP contribution is 2.26. The van der Waals surface area contributed by atoms with Gasteiger partial charge < -0.3 is 0 Å². The first-order valence-electron chi connectivity index (χ1n) is 7.14. The van der Waals surface area contributed by atoms with Crippen molar-refractivity contribution in [2.45, 2.75) is 45.2 Å². The number of piperazine rings is 1. The van der Waals surface area contributed by atoms with E-state index in [1.54, 1.807) is 0 Å². The van der Waals surface area contributed by atoms with Crippen LogP contribution in [0.1, 0.15) is 38.7 Å². The van der Waals surface area contributed by atoms with Crippen LogP contribution in [0.25, 0.3) is 0 Å². The second-order valence-electron chi connectivity index (χ2n) is 5.79. The lowest BCUT2D eigenvalue weighted by Gasteiger charge is -2.41. The van der Waals surface area contributed by atoms with E-state index in [-0.39, 0.29) is 0 Å². The summed E-state index contributed by atoms with van der Waals surface area (Å²) in [6, 6.07) is 5.53. The number of nitrogens with zero attached hydrogens (tertiary/aromatic N) is 3. The summed E-state index contributed by atoms with van der Waals surface area (Å²) in [6.45, 7) is 10.5. The molecule has 2 unspecified atom stereocenters. The quantitative estimate of drug-likeness (QED) is 0.596.